The van der Waals surface area contributed by atoms with Gasteiger partial charge in [-0.15, -0.1) is 0 Å². The summed E-state index contributed by atoms with van der Waals surface area (Å²) in [7, 11) is -3.84. The molecule has 0 aliphatic carbocycles. The molecule has 0 saturated heterocycles. The van der Waals surface area contributed by atoms with Gasteiger partial charge in [0.25, 0.3) is 5.69 Å². The van der Waals surface area contributed by atoms with E-state index in [1.807, 2.05) is 0 Å². The summed E-state index contributed by atoms with van der Waals surface area (Å²) in [6, 6.07) is 8.34. The van der Waals surface area contributed by atoms with Crippen molar-refractivity contribution in [1.82, 2.24) is 0 Å². The van der Waals surface area contributed by atoms with E-state index in [1.165, 1.54) is 49.4 Å². The zero-order chi connectivity index (χ0) is 20.4. The zero-order valence-electron chi connectivity index (χ0n) is 14.2. The summed E-state index contributed by atoms with van der Waals surface area (Å²) in [5.41, 5.74) is 0.127. The normalized spacial score (nSPS) is 12.3. The van der Waals surface area contributed by atoms with E-state index in [-0.39, 0.29) is 27.1 Å². The number of rotatable bonds is 6. The fourth-order valence-corrected chi connectivity index (χ4v) is 3.83. The van der Waals surface area contributed by atoms with Crippen LogP contribution in [0.4, 0.5) is 17.1 Å². The number of nitrogens with zero attached hydrogens (tertiary/aromatic N) is 2. The van der Waals surface area contributed by atoms with Gasteiger partial charge in [-0.2, -0.15) is 0 Å². The Hall–Kier alpha value is -2.36. The van der Waals surface area contributed by atoms with Crippen LogP contribution in [0.25, 0.3) is 0 Å². The van der Waals surface area contributed by atoms with Gasteiger partial charge in [0.2, 0.25) is 15.9 Å². The minimum atomic E-state index is -3.84. The maximum absolute atomic E-state index is 12.6. The Morgan fingerprint density at radius 1 is 1.19 bits per heavy atom. The molecular weight excluding hydrogens is 417 g/mol. The van der Waals surface area contributed by atoms with Crippen molar-refractivity contribution >= 4 is 56.2 Å². The number of carbonyl (C=O) groups excluding carboxylic acids is 1. The van der Waals surface area contributed by atoms with Crippen LogP contribution in [-0.4, -0.2) is 31.5 Å². The van der Waals surface area contributed by atoms with Gasteiger partial charge in [-0.3, -0.25) is 19.2 Å². The third-order valence-corrected chi connectivity index (χ3v) is 5.55. The highest BCUT2D eigenvalue weighted by atomic mass is 35.5. The van der Waals surface area contributed by atoms with Crippen molar-refractivity contribution in [3.05, 3.63) is 62.6 Å². The molecule has 0 saturated carbocycles. The molecule has 0 bridgehead atoms. The summed E-state index contributed by atoms with van der Waals surface area (Å²) < 4.78 is 25.4. The third kappa shape index (κ3) is 5.09. The van der Waals surface area contributed by atoms with Gasteiger partial charge in [0.15, 0.2) is 0 Å². The molecule has 0 heterocycles. The van der Waals surface area contributed by atoms with Crippen molar-refractivity contribution in [2.45, 2.75) is 13.0 Å². The Morgan fingerprint density at radius 2 is 1.85 bits per heavy atom. The molecule has 144 valence electrons. The van der Waals surface area contributed by atoms with E-state index in [0.717, 1.165) is 10.6 Å². The topological polar surface area (TPSA) is 110 Å². The minimum Gasteiger partial charge on any atom is -0.324 e. The van der Waals surface area contributed by atoms with Crippen LogP contribution < -0.4 is 9.62 Å². The number of sulfonamides is 1. The fraction of sp³-hybridized carbons (Fsp3) is 0.188. The molecule has 2 rings (SSSR count). The number of anilines is 2. The summed E-state index contributed by atoms with van der Waals surface area (Å²) in [6.07, 6.45) is 0.951. The lowest BCUT2D eigenvalue weighted by atomic mass is 10.2. The molecule has 0 spiro atoms. The number of amides is 1. The number of nitro groups is 1. The van der Waals surface area contributed by atoms with Crippen LogP contribution >= 0.6 is 23.2 Å². The first-order valence-corrected chi connectivity index (χ1v) is 10.1. The minimum absolute atomic E-state index is 0.133. The molecule has 0 fully saturated rings. The maximum Gasteiger partial charge on any atom is 0.271 e. The van der Waals surface area contributed by atoms with Crippen molar-refractivity contribution in [2.75, 3.05) is 15.9 Å². The first-order chi connectivity index (χ1) is 12.5. The summed E-state index contributed by atoms with van der Waals surface area (Å²) in [4.78, 5) is 22.8. The monoisotopic (exact) mass is 431 g/mol. The molecule has 27 heavy (non-hydrogen) atoms. The lowest BCUT2D eigenvalue weighted by Gasteiger charge is -2.28. The number of non-ortho nitro benzene ring substituents is 1. The van der Waals surface area contributed by atoms with Crippen LogP contribution in [0.1, 0.15) is 6.92 Å². The zero-order valence-corrected chi connectivity index (χ0v) is 16.5. The van der Waals surface area contributed by atoms with Crippen molar-refractivity contribution < 1.29 is 18.1 Å². The first-order valence-electron chi connectivity index (χ1n) is 7.50. The van der Waals surface area contributed by atoms with E-state index < -0.39 is 26.9 Å². The van der Waals surface area contributed by atoms with Gasteiger partial charge in [0.05, 0.1) is 26.9 Å². The summed E-state index contributed by atoms with van der Waals surface area (Å²) in [5, 5.41) is 13.7. The van der Waals surface area contributed by atoms with Crippen LogP contribution in [0.15, 0.2) is 42.5 Å². The molecule has 0 unspecified atom stereocenters. The van der Waals surface area contributed by atoms with Gasteiger partial charge in [0, 0.05) is 17.8 Å². The average Bonchev–Trinajstić information content (AvgIpc) is 2.57. The number of hydrogen-bond acceptors (Lipinski definition) is 5. The molecule has 0 aliphatic heterocycles. The number of nitrogens with one attached hydrogen (secondary N) is 1. The highest BCUT2D eigenvalue weighted by Gasteiger charge is 2.29. The van der Waals surface area contributed by atoms with Crippen LogP contribution in [0.2, 0.25) is 10.0 Å². The highest BCUT2D eigenvalue weighted by molar-refractivity contribution is 7.92. The molecule has 2 aromatic carbocycles. The van der Waals surface area contributed by atoms with E-state index in [0.29, 0.717) is 0 Å². The number of nitro benzene ring substituents is 1. The Labute approximate surface area is 165 Å². The number of hydrogen-bond donors (Lipinski definition) is 1. The van der Waals surface area contributed by atoms with Gasteiger partial charge < -0.3 is 5.32 Å². The average molecular weight is 432 g/mol. The van der Waals surface area contributed by atoms with Gasteiger partial charge in [-0.1, -0.05) is 29.3 Å². The molecule has 1 N–H and O–H groups in total. The Morgan fingerprint density at radius 3 is 2.41 bits per heavy atom. The van der Waals surface area contributed by atoms with Gasteiger partial charge in [-0.25, -0.2) is 8.42 Å². The molecule has 1 atom stereocenters. The van der Waals surface area contributed by atoms with Crippen molar-refractivity contribution in [1.29, 1.82) is 0 Å². The van der Waals surface area contributed by atoms with Crippen molar-refractivity contribution in [2.24, 2.45) is 0 Å². The number of benzene rings is 2. The van der Waals surface area contributed by atoms with E-state index >= 15 is 0 Å². The fourth-order valence-electron chi connectivity index (χ4n) is 2.37. The van der Waals surface area contributed by atoms with E-state index in [1.54, 1.807) is 0 Å². The largest absolute Gasteiger partial charge is 0.324 e. The predicted molar refractivity (Wildman–Crippen MR) is 105 cm³/mol. The summed E-state index contributed by atoms with van der Waals surface area (Å²) >= 11 is 11.8. The molecule has 11 heteroatoms. The first kappa shape index (κ1) is 20.9. The second kappa shape index (κ2) is 8.12. The molecule has 0 aromatic heterocycles. The Kier molecular flexibility index (Phi) is 6.30. The van der Waals surface area contributed by atoms with Gasteiger partial charge in [-0.05, 0) is 31.2 Å². The lowest BCUT2D eigenvalue weighted by Crippen LogP contribution is -2.45. The highest BCUT2D eigenvalue weighted by Crippen LogP contribution is 2.30. The smallest absolute Gasteiger partial charge is 0.271 e. The maximum atomic E-state index is 12.6. The van der Waals surface area contributed by atoms with Crippen LogP contribution in [-0.2, 0) is 14.8 Å². The Bertz CT molecular complexity index is 997. The van der Waals surface area contributed by atoms with E-state index in [4.69, 9.17) is 23.2 Å². The van der Waals surface area contributed by atoms with Crippen molar-refractivity contribution in [3.63, 3.8) is 0 Å². The van der Waals surface area contributed by atoms with Gasteiger partial charge in [0.1, 0.15) is 6.04 Å². The molecule has 1 amide bonds. The molecule has 8 nitrogen and oxygen atoms in total. The lowest BCUT2D eigenvalue weighted by molar-refractivity contribution is -0.384. The molecule has 0 radical (unpaired) electrons. The molecule has 0 aliphatic rings. The van der Waals surface area contributed by atoms with E-state index in [9.17, 15) is 23.3 Å². The standard InChI is InChI=1S/C16H15Cl2N3O5S/c1-10(16(22)19-11-4-3-5-13(8-11)21(23)24)20(27(2,25)26)12-6-7-14(17)15(18)9-12/h3-10H,1-2H3,(H,19,22)/t10-/m0/s1. The molecular formula is C16H15Cl2N3O5S. The number of carbonyl (C=O) groups is 1. The second-order valence-electron chi connectivity index (χ2n) is 5.63. The van der Waals surface area contributed by atoms with Crippen LogP contribution in [0, 0.1) is 10.1 Å². The summed E-state index contributed by atoms with van der Waals surface area (Å²) in [6.45, 7) is 1.39. The Balaban J connectivity index is 2.33. The predicted octanol–water partition coefficient (Wildman–Crippen LogP) is 3.69. The summed E-state index contributed by atoms with van der Waals surface area (Å²) in [5.74, 6) is -0.674. The SMILES string of the molecule is C[C@@H](C(=O)Nc1cccc([N+](=O)[O-])c1)N(c1ccc(Cl)c(Cl)c1)S(C)(=O)=O. The third-order valence-electron chi connectivity index (χ3n) is 3.57. The van der Waals surface area contributed by atoms with E-state index in [2.05, 4.69) is 5.32 Å². The van der Waals surface area contributed by atoms with Crippen LogP contribution in [0.5, 0.6) is 0 Å². The van der Waals surface area contributed by atoms with Crippen LogP contribution in [0.3, 0.4) is 0 Å². The second-order valence-corrected chi connectivity index (χ2v) is 8.30. The quantitative estimate of drug-likeness (QED) is 0.553. The van der Waals surface area contributed by atoms with Crippen molar-refractivity contribution in [3.8, 4) is 0 Å². The van der Waals surface area contributed by atoms with Gasteiger partial charge >= 0.3 is 0 Å². The number of halogens is 2. The molecule has 2 aromatic rings.